The van der Waals surface area contributed by atoms with Crippen LogP contribution in [0.15, 0.2) is 42.5 Å². The molecule has 0 saturated carbocycles. The first kappa shape index (κ1) is 10.8. The van der Waals surface area contributed by atoms with Gasteiger partial charge in [0.25, 0.3) is 0 Å². The van der Waals surface area contributed by atoms with Crippen LogP contribution in [-0.4, -0.2) is 11.6 Å². The smallest absolute Gasteiger partial charge is 0.243 e. The third kappa shape index (κ3) is 2.09. The Morgan fingerprint density at radius 2 is 1.62 bits per heavy atom. The molecule has 2 rings (SSSR count). The lowest BCUT2D eigenvalue weighted by atomic mass is 10.1. The quantitative estimate of drug-likeness (QED) is 0.599. The molecule has 0 aliphatic rings. The molecule has 0 unspecified atom stereocenters. The van der Waals surface area contributed by atoms with Gasteiger partial charge in [-0.3, -0.25) is 9.59 Å². The van der Waals surface area contributed by atoms with Gasteiger partial charge >= 0.3 is 0 Å². The first-order valence-electron chi connectivity index (χ1n) is 4.89. The van der Waals surface area contributed by atoms with Gasteiger partial charge < -0.3 is 0 Å². The third-order valence-electron chi connectivity index (χ3n) is 2.21. The standard InChI is InChI=1S/C13H10O2S/c1-9-7-8-11(16-9)13(15)12(14)10-5-3-2-4-6-10/h2-8H,1H3. The van der Waals surface area contributed by atoms with Crippen molar-refractivity contribution in [2.45, 2.75) is 6.92 Å². The van der Waals surface area contributed by atoms with Crippen molar-refractivity contribution in [1.82, 2.24) is 0 Å². The predicted octanol–water partition coefficient (Wildman–Crippen LogP) is 3.12. The molecule has 1 aromatic heterocycles. The van der Waals surface area contributed by atoms with E-state index >= 15 is 0 Å². The van der Waals surface area contributed by atoms with Gasteiger partial charge in [-0.1, -0.05) is 30.3 Å². The highest BCUT2D eigenvalue weighted by Gasteiger charge is 2.19. The minimum absolute atomic E-state index is 0.427. The summed E-state index contributed by atoms with van der Waals surface area (Å²) >= 11 is 1.35. The Bertz CT molecular complexity index is 526. The Balaban J connectivity index is 2.27. The van der Waals surface area contributed by atoms with Crippen molar-refractivity contribution in [1.29, 1.82) is 0 Å². The van der Waals surface area contributed by atoms with E-state index in [9.17, 15) is 9.59 Å². The van der Waals surface area contributed by atoms with Gasteiger partial charge in [-0.05, 0) is 19.1 Å². The Morgan fingerprint density at radius 3 is 2.19 bits per heavy atom. The van der Waals surface area contributed by atoms with Gasteiger partial charge in [0.1, 0.15) is 0 Å². The minimum Gasteiger partial charge on any atom is -0.285 e. The van der Waals surface area contributed by atoms with Crippen molar-refractivity contribution in [2.75, 3.05) is 0 Å². The summed E-state index contributed by atoms with van der Waals surface area (Å²) in [6.45, 7) is 1.91. The molecule has 2 aromatic rings. The number of hydrogen-bond donors (Lipinski definition) is 0. The summed E-state index contributed by atoms with van der Waals surface area (Å²) in [6, 6.07) is 12.2. The first-order chi connectivity index (χ1) is 7.68. The van der Waals surface area contributed by atoms with E-state index in [2.05, 4.69) is 0 Å². The molecular formula is C13H10O2S. The second kappa shape index (κ2) is 4.41. The van der Waals surface area contributed by atoms with Gasteiger partial charge in [-0.15, -0.1) is 11.3 Å². The molecule has 0 bridgehead atoms. The highest BCUT2D eigenvalue weighted by atomic mass is 32.1. The van der Waals surface area contributed by atoms with Crippen LogP contribution in [0.3, 0.4) is 0 Å². The second-order valence-corrected chi connectivity index (χ2v) is 4.72. The van der Waals surface area contributed by atoms with Crippen LogP contribution in [0.25, 0.3) is 0 Å². The molecule has 0 fully saturated rings. The normalized spacial score (nSPS) is 10.1. The third-order valence-corrected chi connectivity index (χ3v) is 3.21. The maximum atomic E-state index is 11.8. The maximum absolute atomic E-state index is 11.8. The number of carbonyl (C=O) groups is 2. The number of rotatable bonds is 3. The zero-order valence-electron chi connectivity index (χ0n) is 8.77. The zero-order chi connectivity index (χ0) is 11.5. The number of carbonyl (C=O) groups excluding carboxylic acids is 2. The molecular weight excluding hydrogens is 220 g/mol. The van der Waals surface area contributed by atoms with E-state index in [1.54, 1.807) is 30.3 Å². The van der Waals surface area contributed by atoms with Crippen LogP contribution in [0, 0.1) is 6.92 Å². The highest BCUT2D eigenvalue weighted by Crippen LogP contribution is 2.17. The molecule has 0 saturated heterocycles. The van der Waals surface area contributed by atoms with Crippen LogP contribution in [0.5, 0.6) is 0 Å². The zero-order valence-corrected chi connectivity index (χ0v) is 9.58. The van der Waals surface area contributed by atoms with Crippen molar-refractivity contribution < 1.29 is 9.59 Å². The van der Waals surface area contributed by atoms with Crippen molar-refractivity contribution >= 4 is 22.9 Å². The number of hydrogen-bond acceptors (Lipinski definition) is 3. The minimum atomic E-state index is -0.442. The molecule has 1 heterocycles. The summed E-state index contributed by atoms with van der Waals surface area (Å²) in [5.41, 5.74) is 0.443. The molecule has 0 spiro atoms. The van der Waals surface area contributed by atoms with Crippen LogP contribution >= 0.6 is 11.3 Å². The lowest BCUT2D eigenvalue weighted by molar-refractivity contribution is 0.0819. The molecule has 0 N–H and O–H groups in total. The Labute approximate surface area is 97.5 Å². The number of Topliss-reactive ketones (excluding diaryl/α,β-unsaturated/α-hetero) is 2. The molecule has 2 nitrogen and oxygen atoms in total. The van der Waals surface area contributed by atoms with E-state index in [4.69, 9.17) is 0 Å². The molecule has 16 heavy (non-hydrogen) atoms. The number of thiophene rings is 1. The summed E-state index contributed by atoms with van der Waals surface area (Å²) in [7, 11) is 0. The van der Waals surface area contributed by atoms with Gasteiger partial charge in [0.05, 0.1) is 4.88 Å². The first-order valence-corrected chi connectivity index (χ1v) is 5.70. The summed E-state index contributed by atoms with van der Waals surface area (Å²) in [6.07, 6.45) is 0. The summed E-state index contributed by atoms with van der Waals surface area (Å²) < 4.78 is 0. The van der Waals surface area contributed by atoms with Gasteiger partial charge in [0.2, 0.25) is 11.6 Å². The highest BCUT2D eigenvalue weighted by molar-refractivity contribution is 7.14. The summed E-state index contributed by atoms with van der Waals surface area (Å²) in [5, 5.41) is 0. The predicted molar refractivity (Wildman–Crippen MR) is 64.2 cm³/mol. The van der Waals surface area contributed by atoms with Crippen molar-refractivity contribution in [3.05, 3.63) is 57.8 Å². The average molecular weight is 230 g/mol. The topological polar surface area (TPSA) is 34.1 Å². The Hall–Kier alpha value is -1.74. The Morgan fingerprint density at radius 1 is 0.938 bits per heavy atom. The lowest BCUT2D eigenvalue weighted by Crippen LogP contribution is -2.12. The van der Waals surface area contributed by atoms with Crippen molar-refractivity contribution in [3.8, 4) is 0 Å². The summed E-state index contributed by atoms with van der Waals surface area (Å²) in [5.74, 6) is -0.869. The molecule has 0 atom stereocenters. The maximum Gasteiger partial charge on any atom is 0.243 e. The fraction of sp³-hybridized carbons (Fsp3) is 0.0769. The van der Waals surface area contributed by atoms with Crippen LogP contribution in [-0.2, 0) is 0 Å². The van der Waals surface area contributed by atoms with E-state index < -0.39 is 11.6 Å². The second-order valence-electron chi connectivity index (χ2n) is 3.43. The molecule has 3 heteroatoms. The molecule has 1 aromatic carbocycles. The number of ketones is 2. The van der Waals surface area contributed by atoms with Crippen molar-refractivity contribution in [3.63, 3.8) is 0 Å². The van der Waals surface area contributed by atoms with Gasteiger partial charge in [0, 0.05) is 10.4 Å². The van der Waals surface area contributed by atoms with Gasteiger partial charge in [-0.2, -0.15) is 0 Å². The van der Waals surface area contributed by atoms with Gasteiger partial charge in [-0.25, -0.2) is 0 Å². The van der Waals surface area contributed by atoms with Crippen LogP contribution in [0.2, 0.25) is 0 Å². The molecule has 0 radical (unpaired) electrons. The SMILES string of the molecule is Cc1ccc(C(=O)C(=O)c2ccccc2)s1. The molecule has 0 aliphatic heterocycles. The summed E-state index contributed by atoms with van der Waals surface area (Å²) in [4.78, 5) is 25.2. The monoisotopic (exact) mass is 230 g/mol. The Kier molecular flexibility index (Phi) is 2.97. The number of benzene rings is 1. The van der Waals surface area contributed by atoms with Crippen LogP contribution in [0.1, 0.15) is 24.9 Å². The van der Waals surface area contributed by atoms with E-state index in [-0.39, 0.29) is 0 Å². The van der Waals surface area contributed by atoms with Gasteiger partial charge in [0.15, 0.2) is 0 Å². The lowest BCUT2D eigenvalue weighted by Gasteiger charge is -1.97. The fourth-order valence-corrected chi connectivity index (χ4v) is 2.19. The largest absolute Gasteiger partial charge is 0.285 e. The van der Waals surface area contributed by atoms with Crippen molar-refractivity contribution in [2.24, 2.45) is 0 Å². The molecule has 0 amide bonds. The van der Waals surface area contributed by atoms with Crippen LogP contribution in [0.4, 0.5) is 0 Å². The fourth-order valence-electron chi connectivity index (χ4n) is 1.39. The molecule has 0 aliphatic carbocycles. The van der Waals surface area contributed by atoms with E-state index in [0.717, 1.165) is 4.88 Å². The average Bonchev–Trinajstić information content (AvgIpc) is 2.75. The van der Waals surface area contributed by atoms with Crippen LogP contribution < -0.4 is 0 Å². The molecule has 80 valence electrons. The van der Waals surface area contributed by atoms with E-state index in [0.29, 0.717) is 10.4 Å². The number of aryl methyl sites for hydroxylation is 1. The van der Waals surface area contributed by atoms with E-state index in [1.807, 2.05) is 19.1 Å². The van der Waals surface area contributed by atoms with E-state index in [1.165, 1.54) is 11.3 Å².